The highest BCUT2D eigenvalue weighted by Gasteiger charge is 2.21. The summed E-state index contributed by atoms with van der Waals surface area (Å²) in [6.07, 6.45) is 7.17. The number of phenols is 1. The third-order valence-electron chi connectivity index (χ3n) is 5.41. The fourth-order valence-electron chi connectivity index (χ4n) is 3.82. The lowest BCUT2D eigenvalue weighted by atomic mass is 10.0. The summed E-state index contributed by atoms with van der Waals surface area (Å²) < 4.78 is 0. The molecule has 0 atom stereocenters. The first-order chi connectivity index (χ1) is 14.2. The molecule has 1 aliphatic heterocycles. The fraction of sp³-hybridized carbons (Fsp3) is 0.333. The van der Waals surface area contributed by atoms with Crippen molar-refractivity contribution in [3.63, 3.8) is 0 Å². The standard InChI is InChI=1S/C24H26N2O2S/c1-2-6-20-13-18(9-10-25-20)23-15-19(16-29-23)17-7-8-21(22(27)14-17)24(28)26-11-4-3-5-12-26/h7-10,13-16,27H,2-6,11-12H2,1H3. The molecule has 4 rings (SSSR count). The number of piperidine rings is 1. The zero-order valence-corrected chi connectivity index (χ0v) is 17.5. The number of likely N-dealkylation sites (tertiary alicyclic amines) is 1. The normalized spacial score (nSPS) is 14.2. The van der Waals surface area contributed by atoms with Crippen LogP contribution in [0.1, 0.15) is 48.7 Å². The Morgan fingerprint density at radius 3 is 2.66 bits per heavy atom. The molecule has 0 spiro atoms. The minimum Gasteiger partial charge on any atom is -0.507 e. The Hall–Kier alpha value is -2.66. The highest BCUT2D eigenvalue weighted by Crippen LogP contribution is 2.35. The SMILES string of the molecule is CCCc1cc(-c2cc(-c3ccc(C(=O)N4CCCCC4)c(O)c3)cs2)ccn1. The number of rotatable bonds is 5. The second-order valence-electron chi connectivity index (χ2n) is 7.57. The van der Waals surface area contributed by atoms with Crippen LogP contribution >= 0.6 is 11.3 Å². The van der Waals surface area contributed by atoms with Gasteiger partial charge in [-0.05, 0) is 78.1 Å². The van der Waals surface area contributed by atoms with E-state index < -0.39 is 0 Å². The molecule has 4 nitrogen and oxygen atoms in total. The lowest BCUT2D eigenvalue weighted by Gasteiger charge is -2.27. The first-order valence-electron chi connectivity index (χ1n) is 10.3. The summed E-state index contributed by atoms with van der Waals surface area (Å²) in [6, 6.07) is 11.7. The number of thiophene rings is 1. The predicted octanol–water partition coefficient (Wildman–Crippen LogP) is 5.76. The summed E-state index contributed by atoms with van der Waals surface area (Å²) in [5, 5.41) is 12.6. The first kappa shape index (κ1) is 19.6. The molecule has 1 fully saturated rings. The van der Waals surface area contributed by atoms with Crippen LogP contribution in [0.2, 0.25) is 0 Å². The summed E-state index contributed by atoms with van der Waals surface area (Å²) in [4.78, 5) is 20.2. The average molecular weight is 407 g/mol. The van der Waals surface area contributed by atoms with Gasteiger partial charge in [0.25, 0.3) is 5.91 Å². The van der Waals surface area contributed by atoms with E-state index >= 15 is 0 Å². The summed E-state index contributed by atoms with van der Waals surface area (Å²) in [7, 11) is 0. The van der Waals surface area contributed by atoms with E-state index in [1.165, 1.54) is 16.9 Å². The van der Waals surface area contributed by atoms with Gasteiger partial charge in [-0.25, -0.2) is 0 Å². The number of phenolic OH excluding ortho intramolecular Hbond substituents is 1. The fourth-order valence-corrected chi connectivity index (χ4v) is 4.74. The highest BCUT2D eigenvalue weighted by molar-refractivity contribution is 7.14. The molecule has 150 valence electrons. The van der Waals surface area contributed by atoms with Crippen LogP contribution in [0, 0.1) is 0 Å². The van der Waals surface area contributed by atoms with Gasteiger partial charge in [-0.2, -0.15) is 0 Å². The molecule has 3 aromatic rings. The van der Waals surface area contributed by atoms with Gasteiger partial charge in [0.2, 0.25) is 0 Å². The van der Waals surface area contributed by atoms with E-state index in [-0.39, 0.29) is 11.7 Å². The Labute approximate surface area is 175 Å². The molecular weight excluding hydrogens is 380 g/mol. The van der Waals surface area contributed by atoms with Gasteiger partial charge in [0.1, 0.15) is 5.75 Å². The van der Waals surface area contributed by atoms with Crippen LogP contribution in [-0.4, -0.2) is 34.0 Å². The van der Waals surface area contributed by atoms with Crippen molar-refractivity contribution >= 4 is 17.2 Å². The van der Waals surface area contributed by atoms with Crippen LogP contribution in [0.4, 0.5) is 0 Å². The molecule has 29 heavy (non-hydrogen) atoms. The second-order valence-corrected chi connectivity index (χ2v) is 8.48. The molecule has 1 saturated heterocycles. The summed E-state index contributed by atoms with van der Waals surface area (Å²) in [5.41, 5.74) is 4.64. The van der Waals surface area contributed by atoms with E-state index in [0.29, 0.717) is 5.56 Å². The number of hydrogen-bond donors (Lipinski definition) is 1. The maximum atomic E-state index is 12.7. The van der Waals surface area contributed by atoms with Gasteiger partial charge in [0, 0.05) is 29.9 Å². The van der Waals surface area contributed by atoms with Gasteiger partial charge >= 0.3 is 0 Å². The number of benzene rings is 1. The molecule has 1 N–H and O–H groups in total. The average Bonchev–Trinajstić information content (AvgIpc) is 3.25. The monoisotopic (exact) mass is 406 g/mol. The molecule has 3 heterocycles. The number of nitrogens with zero attached hydrogens (tertiary/aromatic N) is 2. The van der Waals surface area contributed by atoms with Gasteiger partial charge in [0.15, 0.2) is 0 Å². The molecule has 0 radical (unpaired) electrons. The lowest BCUT2D eigenvalue weighted by Crippen LogP contribution is -2.35. The van der Waals surface area contributed by atoms with Crippen LogP contribution in [-0.2, 0) is 6.42 Å². The number of aromatic nitrogens is 1. The smallest absolute Gasteiger partial charge is 0.257 e. The van der Waals surface area contributed by atoms with Crippen LogP contribution in [0.25, 0.3) is 21.6 Å². The summed E-state index contributed by atoms with van der Waals surface area (Å²) >= 11 is 1.68. The largest absolute Gasteiger partial charge is 0.507 e. The topological polar surface area (TPSA) is 53.4 Å². The zero-order valence-electron chi connectivity index (χ0n) is 16.7. The maximum Gasteiger partial charge on any atom is 0.257 e. The third kappa shape index (κ3) is 4.35. The van der Waals surface area contributed by atoms with Crippen molar-refractivity contribution < 1.29 is 9.90 Å². The van der Waals surface area contributed by atoms with E-state index in [0.717, 1.165) is 55.6 Å². The predicted molar refractivity (Wildman–Crippen MR) is 118 cm³/mol. The molecule has 0 aliphatic carbocycles. The van der Waals surface area contributed by atoms with Crippen molar-refractivity contribution in [3.05, 3.63) is 59.2 Å². The minimum absolute atomic E-state index is 0.0555. The minimum atomic E-state index is -0.0694. The Kier molecular flexibility index (Phi) is 5.95. The number of carbonyl (C=O) groups is 1. The summed E-state index contributed by atoms with van der Waals surface area (Å²) in [6.45, 7) is 3.71. The molecule has 0 saturated carbocycles. The first-order valence-corrected chi connectivity index (χ1v) is 11.2. The van der Waals surface area contributed by atoms with E-state index in [2.05, 4.69) is 29.4 Å². The number of amides is 1. The molecule has 0 unspecified atom stereocenters. The third-order valence-corrected chi connectivity index (χ3v) is 6.39. The lowest BCUT2D eigenvalue weighted by molar-refractivity contribution is 0.0721. The van der Waals surface area contributed by atoms with Gasteiger partial charge in [-0.3, -0.25) is 9.78 Å². The van der Waals surface area contributed by atoms with E-state index in [9.17, 15) is 9.90 Å². The summed E-state index contributed by atoms with van der Waals surface area (Å²) in [5.74, 6) is -0.0139. The second kappa shape index (κ2) is 8.78. The number of hydrogen-bond acceptors (Lipinski definition) is 4. The van der Waals surface area contributed by atoms with Crippen molar-refractivity contribution in [3.8, 4) is 27.3 Å². The van der Waals surface area contributed by atoms with E-state index in [1.807, 2.05) is 23.2 Å². The quantitative estimate of drug-likeness (QED) is 0.586. The van der Waals surface area contributed by atoms with Gasteiger partial charge in [-0.1, -0.05) is 19.4 Å². The Bertz CT molecular complexity index is 1010. The molecule has 2 aromatic heterocycles. The van der Waals surface area contributed by atoms with Crippen molar-refractivity contribution in [2.24, 2.45) is 0 Å². The van der Waals surface area contributed by atoms with Crippen LogP contribution in [0.15, 0.2) is 48.0 Å². The molecule has 0 bridgehead atoms. The van der Waals surface area contributed by atoms with Crippen molar-refractivity contribution in [1.82, 2.24) is 9.88 Å². The number of pyridine rings is 1. The van der Waals surface area contributed by atoms with Crippen LogP contribution in [0.3, 0.4) is 0 Å². The zero-order chi connectivity index (χ0) is 20.2. The van der Waals surface area contributed by atoms with E-state index in [4.69, 9.17) is 0 Å². The Morgan fingerprint density at radius 1 is 1.07 bits per heavy atom. The molecular formula is C24H26N2O2S. The number of aryl methyl sites for hydroxylation is 1. The van der Waals surface area contributed by atoms with Crippen LogP contribution in [0.5, 0.6) is 5.75 Å². The van der Waals surface area contributed by atoms with Crippen molar-refractivity contribution in [2.45, 2.75) is 39.0 Å². The molecule has 1 amide bonds. The highest BCUT2D eigenvalue weighted by atomic mass is 32.1. The number of aromatic hydroxyl groups is 1. The van der Waals surface area contributed by atoms with Gasteiger partial charge in [-0.15, -0.1) is 11.3 Å². The van der Waals surface area contributed by atoms with Crippen LogP contribution < -0.4 is 0 Å². The van der Waals surface area contributed by atoms with Crippen molar-refractivity contribution in [2.75, 3.05) is 13.1 Å². The Balaban J connectivity index is 1.56. The number of carbonyl (C=O) groups excluding carboxylic acids is 1. The maximum absolute atomic E-state index is 12.7. The Morgan fingerprint density at radius 2 is 1.90 bits per heavy atom. The van der Waals surface area contributed by atoms with Gasteiger partial charge < -0.3 is 10.0 Å². The molecule has 1 aromatic carbocycles. The van der Waals surface area contributed by atoms with E-state index in [1.54, 1.807) is 23.5 Å². The molecule has 5 heteroatoms. The molecule has 1 aliphatic rings. The van der Waals surface area contributed by atoms with Gasteiger partial charge in [0.05, 0.1) is 5.56 Å². The van der Waals surface area contributed by atoms with Crippen molar-refractivity contribution in [1.29, 1.82) is 0 Å².